The molecule has 0 radical (unpaired) electrons. The molecule has 0 amide bonds. The second-order valence-electron chi connectivity index (χ2n) is 2.76. The largest absolute Gasteiger partial charge is 0.396 e. The number of aliphatic hydroxyl groups is 1. The topological polar surface area (TPSA) is 46.2 Å². The van der Waals surface area contributed by atoms with Gasteiger partial charge in [0.25, 0.3) is 0 Å². The van der Waals surface area contributed by atoms with Gasteiger partial charge in [-0.15, -0.1) is 12.4 Å². The Kier molecular flexibility index (Phi) is 6.27. The van der Waals surface area contributed by atoms with Crippen molar-refractivity contribution in [1.82, 2.24) is 0 Å². The van der Waals surface area contributed by atoms with Crippen LogP contribution < -0.4 is 5.73 Å². The van der Waals surface area contributed by atoms with E-state index in [-0.39, 0.29) is 30.9 Å². The third kappa shape index (κ3) is 3.20. The molecule has 3 N–H and O–H groups in total. The summed E-state index contributed by atoms with van der Waals surface area (Å²) >= 11 is 3.11. The fraction of sp³-hybridized carbons (Fsp3) is 0.333. The first-order chi connectivity index (χ1) is 6.16. The maximum atomic E-state index is 13.0. The minimum atomic E-state index is -0.328. The summed E-state index contributed by atoms with van der Waals surface area (Å²) < 4.78 is 13.4. The zero-order chi connectivity index (χ0) is 9.84. The molecule has 0 aliphatic heterocycles. The summed E-state index contributed by atoms with van der Waals surface area (Å²) in [6, 6.07) is 4.38. The van der Waals surface area contributed by atoms with Gasteiger partial charge < -0.3 is 10.8 Å². The lowest BCUT2D eigenvalue weighted by atomic mass is 10.1. The van der Waals surface area contributed by atoms with Crippen LogP contribution in [0, 0.1) is 5.82 Å². The van der Waals surface area contributed by atoms with Crippen LogP contribution >= 0.6 is 28.3 Å². The van der Waals surface area contributed by atoms with Crippen molar-refractivity contribution in [1.29, 1.82) is 0 Å². The number of nitrogens with two attached hydrogens (primary N) is 1. The number of aliphatic hydroxyl groups excluding tert-OH is 1. The number of hydrogen-bond donors (Lipinski definition) is 2. The van der Waals surface area contributed by atoms with Crippen molar-refractivity contribution in [3.8, 4) is 0 Å². The molecule has 0 aromatic heterocycles. The molecule has 0 bridgehead atoms. The van der Waals surface area contributed by atoms with Crippen LogP contribution in [0.1, 0.15) is 18.0 Å². The third-order valence-electron chi connectivity index (χ3n) is 1.82. The molecule has 0 spiro atoms. The highest BCUT2D eigenvalue weighted by Gasteiger charge is 2.11. The Balaban J connectivity index is 0.00000169. The second-order valence-corrected chi connectivity index (χ2v) is 3.55. The number of rotatable bonds is 3. The van der Waals surface area contributed by atoms with E-state index in [0.717, 1.165) is 0 Å². The van der Waals surface area contributed by atoms with E-state index in [1.165, 1.54) is 6.07 Å². The van der Waals surface area contributed by atoms with Crippen molar-refractivity contribution in [3.63, 3.8) is 0 Å². The molecule has 0 fully saturated rings. The Morgan fingerprint density at radius 3 is 2.71 bits per heavy atom. The smallest absolute Gasteiger partial charge is 0.137 e. The SMILES string of the molecule is Cl.N[C@@H](CCO)c1cccc(F)c1Br. The molecule has 1 atom stereocenters. The van der Waals surface area contributed by atoms with E-state index >= 15 is 0 Å². The van der Waals surface area contributed by atoms with Crippen LogP contribution in [0.25, 0.3) is 0 Å². The molecule has 0 aliphatic carbocycles. The van der Waals surface area contributed by atoms with Crippen LogP contribution in [0.5, 0.6) is 0 Å². The van der Waals surface area contributed by atoms with Crippen molar-refractivity contribution in [2.24, 2.45) is 5.73 Å². The van der Waals surface area contributed by atoms with Crippen molar-refractivity contribution in [2.75, 3.05) is 6.61 Å². The molecule has 0 heterocycles. The van der Waals surface area contributed by atoms with Crippen molar-refractivity contribution >= 4 is 28.3 Å². The zero-order valence-electron chi connectivity index (χ0n) is 7.41. The molecular formula is C9H12BrClFNO. The van der Waals surface area contributed by atoms with E-state index < -0.39 is 0 Å². The fourth-order valence-corrected chi connectivity index (χ4v) is 1.66. The lowest BCUT2D eigenvalue weighted by Gasteiger charge is -2.12. The molecule has 1 aromatic rings. The Morgan fingerprint density at radius 2 is 2.14 bits per heavy atom. The van der Waals surface area contributed by atoms with Gasteiger partial charge in [-0.3, -0.25) is 0 Å². The number of halogens is 3. The van der Waals surface area contributed by atoms with Gasteiger partial charge in [0, 0.05) is 12.6 Å². The van der Waals surface area contributed by atoms with Crippen LogP contribution in [-0.4, -0.2) is 11.7 Å². The fourth-order valence-electron chi connectivity index (χ4n) is 1.10. The van der Waals surface area contributed by atoms with Crippen LogP contribution in [0.4, 0.5) is 4.39 Å². The third-order valence-corrected chi connectivity index (χ3v) is 2.66. The van der Waals surface area contributed by atoms with E-state index in [4.69, 9.17) is 10.8 Å². The van der Waals surface area contributed by atoms with Crippen molar-refractivity contribution < 1.29 is 9.50 Å². The van der Waals surface area contributed by atoms with E-state index in [9.17, 15) is 4.39 Å². The summed E-state index contributed by atoms with van der Waals surface area (Å²) in [6.45, 7) is 0.00409. The highest BCUT2D eigenvalue weighted by Crippen LogP contribution is 2.26. The van der Waals surface area contributed by atoms with E-state index in [0.29, 0.717) is 16.5 Å². The summed E-state index contributed by atoms with van der Waals surface area (Å²) in [5, 5.41) is 8.67. The molecule has 0 unspecified atom stereocenters. The van der Waals surface area contributed by atoms with E-state index in [1.807, 2.05) is 0 Å². The van der Waals surface area contributed by atoms with Gasteiger partial charge in [-0.1, -0.05) is 12.1 Å². The van der Waals surface area contributed by atoms with Gasteiger partial charge in [0.05, 0.1) is 4.47 Å². The average Bonchev–Trinajstić information content (AvgIpc) is 2.10. The first kappa shape index (κ1) is 13.8. The highest BCUT2D eigenvalue weighted by atomic mass is 79.9. The molecule has 1 rings (SSSR count). The maximum absolute atomic E-state index is 13.0. The monoisotopic (exact) mass is 283 g/mol. The van der Waals surface area contributed by atoms with Crippen LogP contribution in [0.3, 0.4) is 0 Å². The molecule has 0 aliphatic rings. The van der Waals surface area contributed by atoms with Gasteiger partial charge >= 0.3 is 0 Å². The van der Waals surface area contributed by atoms with Gasteiger partial charge in [0.2, 0.25) is 0 Å². The van der Waals surface area contributed by atoms with E-state index in [1.54, 1.807) is 12.1 Å². The molecule has 5 heteroatoms. The quantitative estimate of drug-likeness (QED) is 0.895. The van der Waals surface area contributed by atoms with Gasteiger partial charge in [0.1, 0.15) is 5.82 Å². The van der Waals surface area contributed by atoms with Gasteiger partial charge in [0.15, 0.2) is 0 Å². The molecular weight excluding hydrogens is 272 g/mol. The Hall–Kier alpha value is -0.160. The minimum Gasteiger partial charge on any atom is -0.396 e. The minimum absolute atomic E-state index is 0. The molecule has 1 aromatic carbocycles. The molecule has 0 saturated carbocycles. The number of hydrogen-bond acceptors (Lipinski definition) is 2. The summed E-state index contributed by atoms with van der Waals surface area (Å²) in [5.74, 6) is -0.328. The van der Waals surface area contributed by atoms with Crippen molar-refractivity contribution in [2.45, 2.75) is 12.5 Å². The highest BCUT2D eigenvalue weighted by molar-refractivity contribution is 9.10. The van der Waals surface area contributed by atoms with Crippen molar-refractivity contribution in [3.05, 3.63) is 34.1 Å². The predicted molar refractivity (Wildman–Crippen MR) is 60.0 cm³/mol. The Morgan fingerprint density at radius 1 is 1.50 bits per heavy atom. The Labute approximate surface area is 96.8 Å². The van der Waals surface area contributed by atoms with Gasteiger partial charge in [-0.2, -0.15) is 0 Å². The predicted octanol–water partition coefficient (Wildman–Crippen LogP) is 2.39. The Bertz CT molecular complexity index is 298. The summed E-state index contributed by atoms with van der Waals surface area (Å²) in [7, 11) is 0. The lowest BCUT2D eigenvalue weighted by Crippen LogP contribution is -2.12. The van der Waals surface area contributed by atoms with E-state index in [2.05, 4.69) is 15.9 Å². The maximum Gasteiger partial charge on any atom is 0.137 e. The number of benzene rings is 1. The summed E-state index contributed by atoms with van der Waals surface area (Å²) in [6.07, 6.45) is 0.433. The first-order valence-corrected chi connectivity index (χ1v) is 4.76. The standard InChI is InChI=1S/C9H11BrFNO.ClH/c10-9-6(8(12)4-5-13)2-1-3-7(9)11;/h1-3,8,13H,4-5,12H2;1H/t8-;/m0./s1. The van der Waals surface area contributed by atoms with Gasteiger partial charge in [-0.05, 0) is 34.0 Å². The van der Waals surface area contributed by atoms with Crippen LogP contribution in [-0.2, 0) is 0 Å². The zero-order valence-corrected chi connectivity index (χ0v) is 9.81. The molecule has 2 nitrogen and oxygen atoms in total. The normalized spacial score (nSPS) is 12.0. The summed E-state index contributed by atoms with van der Waals surface area (Å²) in [4.78, 5) is 0. The molecule has 0 saturated heterocycles. The molecule has 80 valence electrons. The first-order valence-electron chi connectivity index (χ1n) is 3.97. The van der Waals surface area contributed by atoms with Gasteiger partial charge in [-0.25, -0.2) is 4.39 Å². The lowest BCUT2D eigenvalue weighted by molar-refractivity contribution is 0.276. The van der Waals surface area contributed by atoms with Crippen LogP contribution in [0.15, 0.2) is 22.7 Å². The summed E-state index contributed by atoms with van der Waals surface area (Å²) in [5.41, 5.74) is 6.41. The van der Waals surface area contributed by atoms with Crippen LogP contribution in [0.2, 0.25) is 0 Å². The average molecular weight is 285 g/mol. The molecule has 14 heavy (non-hydrogen) atoms. The second kappa shape index (κ2) is 6.35.